The number of carbonyl (C=O) groups excluding carboxylic acids is 6. The molecule has 3 N–H and O–H groups in total. The maximum atomic E-state index is 13.3. The minimum absolute atomic E-state index is 0.0565. The summed E-state index contributed by atoms with van der Waals surface area (Å²) in [6.07, 6.45) is 5.94. The van der Waals surface area contributed by atoms with Gasteiger partial charge in [-0.1, -0.05) is 0 Å². The van der Waals surface area contributed by atoms with Crippen molar-refractivity contribution in [3.8, 4) is 0 Å². The molecule has 0 aromatic rings. The van der Waals surface area contributed by atoms with Crippen LogP contribution in [0.2, 0.25) is 0 Å². The van der Waals surface area contributed by atoms with Gasteiger partial charge in [-0.05, 0) is 57.9 Å². The number of aldehydes is 1. The van der Waals surface area contributed by atoms with Crippen molar-refractivity contribution in [2.75, 3.05) is 39.3 Å². The van der Waals surface area contributed by atoms with E-state index >= 15 is 0 Å². The molecule has 4 atom stereocenters. The molecule has 4 aliphatic rings. The molecule has 0 saturated carbocycles. The first-order valence-corrected chi connectivity index (χ1v) is 13.0. The van der Waals surface area contributed by atoms with E-state index in [1.165, 1.54) is 9.80 Å². The van der Waals surface area contributed by atoms with Crippen LogP contribution in [0, 0.1) is 0 Å². The molecule has 198 valence electrons. The van der Waals surface area contributed by atoms with Crippen LogP contribution < -0.4 is 16.0 Å². The fraction of sp³-hybridized carbons (Fsp3) is 0.750. The largest absolute Gasteiger partial charge is 0.348 e. The smallest absolute Gasteiger partial charge is 0.246 e. The molecule has 36 heavy (non-hydrogen) atoms. The summed E-state index contributed by atoms with van der Waals surface area (Å²) in [7, 11) is 0. The lowest BCUT2D eigenvalue weighted by Crippen LogP contribution is -2.55. The van der Waals surface area contributed by atoms with Crippen LogP contribution in [0.15, 0.2) is 0 Å². The second kappa shape index (κ2) is 11.8. The van der Waals surface area contributed by atoms with E-state index in [2.05, 4.69) is 16.0 Å². The maximum absolute atomic E-state index is 13.3. The first kappa shape index (κ1) is 26.1. The van der Waals surface area contributed by atoms with Crippen LogP contribution in [0.4, 0.5) is 0 Å². The van der Waals surface area contributed by atoms with E-state index in [4.69, 9.17) is 0 Å². The normalized spacial score (nSPS) is 27.8. The highest BCUT2D eigenvalue weighted by Gasteiger charge is 2.42. The van der Waals surface area contributed by atoms with E-state index in [0.29, 0.717) is 58.0 Å². The molecule has 0 aromatic heterocycles. The number of nitrogens with zero attached hydrogens (tertiary/aromatic N) is 3. The zero-order chi connectivity index (χ0) is 25.7. The summed E-state index contributed by atoms with van der Waals surface area (Å²) in [5.74, 6) is -1.39. The molecule has 4 rings (SSSR count). The molecule has 5 amide bonds. The number of likely N-dealkylation sites (tertiary alicyclic amines) is 3. The molecule has 4 saturated heterocycles. The van der Waals surface area contributed by atoms with Gasteiger partial charge in [-0.25, -0.2) is 0 Å². The van der Waals surface area contributed by atoms with Crippen molar-refractivity contribution in [2.24, 2.45) is 0 Å². The number of rotatable bonds is 8. The zero-order valence-corrected chi connectivity index (χ0v) is 20.6. The first-order chi connectivity index (χ1) is 17.4. The van der Waals surface area contributed by atoms with Gasteiger partial charge >= 0.3 is 0 Å². The van der Waals surface area contributed by atoms with Crippen LogP contribution in [-0.2, 0) is 28.8 Å². The average molecular weight is 505 g/mol. The Morgan fingerprint density at radius 2 is 1.31 bits per heavy atom. The van der Waals surface area contributed by atoms with Crippen molar-refractivity contribution >= 4 is 35.8 Å². The van der Waals surface area contributed by atoms with Crippen LogP contribution in [0.5, 0.6) is 0 Å². The fourth-order valence-corrected chi connectivity index (χ4v) is 5.86. The molecule has 0 unspecified atom stereocenters. The SMILES string of the molecule is O=CCNC(=O)[C@@H]1CCCN1C(=O)[C@@H]1CCCN1C(=O)CNC(=O)[C@@H]1CCCN1C(=O)[C@@H]1CCCN1. The van der Waals surface area contributed by atoms with Crippen molar-refractivity contribution in [1.82, 2.24) is 30.7 Å². The van der Waals surface area contributed by atoms with Crippen LogP contribution in [0.1, 0.15) is 51.4 Å². The Kier molecular flexibility index (Phi) is 8.55. The van der Waals surface area contributed by atoms with Gasteiger partial charge in [-0.15, -0.1) is 0 Å². The lowest BCUT2D eigenvalue weighted by molar-refractivity contribution is -0.146. The molecule has 0 radical (unpaired) electrons. The summed E-state index contributed by atoms with van der Waals surface area (Å²) in [6.45, 7) is 1.81. The number of carbonyl (C=O) groups is 6. The fourth-order valence-electron chi connectivity index (χ4n) is 5.86. The van der Waals surface area contributed by atoms with Gasteiger partial charge in [0.2, 0.25) is 29.5 Å². The van der Waals surface area contributed by atoms with Crippen molar-refractivity contribution in [3.63, 3.8) is 0 Å². The average Bonchev–Trinajstić information content (AvgIpc) is 3.70. The quantitative estimate of drug-likeness (QED) is 0.329. The molecular formula is C24H36N6O6. The number of amides is 5. The lowest BCUT2D eigenvalue weighted by Gasteiger charge is -2.31. The van der Waals surface area contributed by atoms with E-state index in [-0.39, 0.29) is 48.7 Å². The highest BCUT2D eigenvalue weighted by molar-refractivity contribution is 5.95. The third-order valence-corrected chi connectivity index (χ3v) is 7.67. The van der Waals surface area contributed by atoms with Crippen molar-refractivity contribution in [1.29, 1.82) is 0 Å². The molecule has 0 aliphatic carbocycles. The second-order valence-electron chi connectivity index (χ2n) is 9.90. The predicted octanol–water partition coefficient (Wildman–Crippen LogP) is -1.86. The summed E-state index contributed by atoms with van der Waals surface area (Å²) >= 11 is 0. The van der Waals surface area contributed by atoms with Gasteiger partial charge in [0, 0.05) is 19.6 Å². The lowest BCUT2D eigenvalue weighted by atomic mass is 10.1. The number of hydrogen-bond acceptors (Lipinski definition) is 7. The van der Waals surface area contributed by atoms with E-state index in [9.17, 15) is 28.8 Å². The molecule has 4 aliphatic heterocycles. The Labute approximate surface area is 210 Å². The third kappa shape index (κ3) is 5.53. The monoisotopic (exact) mass is 504 g/mol. The van der Waals surface area contributed by atoms with Gasteiger partial charge in [0.15, 0.2) is 0 Å². The van der Waals surface area contributed by atoms with Crippen LogP contribution >= 0.6 is 0 Å². The van der Waals surface area contributed by atoms with Gasteiger partial charge in [0.25, 0.3) is 0 Å². The standard InChI is InChI=1S/C24H36N6O6/c31-14-10-26-21(33)17-6-3-13-30(17)24(36)19-8-4-11-28(19)20(32)15-27-22(34)18-7-2-12-29(18)23(35)16-5-1-9-25-16/h14,16-19,25H,1-13,15H2,(H,26,33)(H,27,34)/t16-,17-,18-,19-/m0/s1. The van der Waals surface area contributed by atoms with Gasteiger partial charge in [-0.2, -0.15) is 0 Å². The molecule has 4 heterocycles. The maximum Gasteiger partial charge on any atom is 0.246 e. The number of hydrogen-bond donors (Lipinski definition) is 3. The van der Waals surface area contributed by atoms with Crippen molar-refractivity contribution in [2.45, 2.75) is 75.5 Å². The van der Waals surface area contributed by atoms with Crippen LogP contribution in [0.25, 0.3) is 0 Å². The highest BCUT2D eigenvalue weighted by atomic mass is 16.2. The van der Waals surface area contributed by atoms with E-state index in [1.807, 2.05) is 0 Å². The molecular weight excluding hydrogens is 468 g/mol. The minimum atomic E-state index is -0.674. The highest BCUT2D eigenvalue weighted by Crippen LogP contribution is 2.25. The summed E-state index contributed by atoms with van der Waals surface area (Å²) < 4.78 is 0. The Morgan fingerprint density at radius 3 is 1.92 bits per heavy atom. The van der Waals surface area contributed by atoms with E-state index < -0.39 is 18.1 Å². The van der Waals surface area contributed by atoms with Gasteiger partial charge in [0.1, 0.15) is 24.4 Å². The predicted molar refractivity (Wildman–Crippen MR) is 127 cm³/mol. The Balaban J connectivity index is 1.31. The molecule has 12 nitrogen and oxygen atoms in total. The minimum Gasteiger partial charge on any atom is -0.348 e. The summed E-state index contributed by atoms with van der Waals surface area (Å²) in [5, 5.41) is 8.38. The van der Waals surface area contributed by atoms with Crippen molar-refractivity contribution in [3.05, 3.63) is 0 Å². The van der Waals surface area contributed by atoms with Crippen LogP contribution in [0.3, 0.4) is 0 Å². The molecule has 0 bridgehead atoms. The molecule has 0 aromatic carbocycles. The Morgan fingerprint density at radius 1 is 0.722 bits per heavy atom. The van der Waals surface area contributed by atoms with Crippen molar-refractivity contribution < 1.29 is 28.8 Å². The molecule has 0 spiro atoms. The third-order valence-electron chi connectivity index (χ3n) is 7.67. The molecule has 4 fully saturated rings. The summed E-state index contributed by atoms with van der Waals surface area (Å²) in [4.78, 5) is 79.6. The van der Waals surface area contributed by atoms with Gasteiger partial charge in [0.05, 0.1) is 19.1 Å². The van der Waals surface area contributed by atoms with E-state index in [0.717, 1.165) is 25.8 Å². The summed E-state index contributed by atoms with van der Waals surface area (Å²) in [6, 6.07) is -2.15. The first-order valence-electron chi connectivity index (χ1n) is 13.0. The zero-order valence-electron chi connectivity index (χ0n) is 20.6. The Bertz CT molecular complexity index is 890. The van der Waals surface area contributed by atoms with Gasteiger partial charge < -0.3 is 35.4 Å². The number of nitrogens with one attached hydrogen (secondary N) is 3. The topological polar surface area (TPSA) is 148 Å². The van der Waals surface area contributed by atoms with Crippen LogP contribution in [-0.4, -0.2) is 114 Å². The summed E-state index contributed by atoms with van der Waals surface area (Å²) in [5.41, 5.74) is 0. The second-order valence-corrected chi connectivity index (χ2v) is 9.90. The van der Waals surface area contributed by atoms with Gasteiger partial charge in [-0.3, -0.25) is 24.0 Å². The Hall–Kier alpha value is -3.02. The molecule has 12 heteroatoms. The van der Waals surface area contributed by atoms with E-state index in [1.54, 1.807) is 4.90 Å².